The summed E-state index contributed by atoms with van der Waals surface area (Å²) in [7, 11) is 0. The van der Waals surface area contributed by atoms with Gasteiger partial charge in [0.25, 0.3) is 0 Å². The Morgan fingerprint density at radius 2 is 2.08 bits per heavy atom. The zero-order valence-corrected chi connectivity index (χ0v) is 15.7. The maximum absolute atomic E-state index is 12.5. The van der Waals surface area contributed by atoms with Crippen molar-refractivity contribution in [1.82, 2.24) is 24.8 Å². The van der Waals surface area contributed by atoms with Gasteiger partial charge < -0.3 is 10.2 Å². The molecule has 0 aliphatic heterocycles. The minimum Gasteiger partial charge on any atom is -0.355 e. The van der Waals surface area contributed by atoms with Crippen molar-refractivity contribution in [1.29, 1.82) is 5.26 Å². The number of nitrogens with one attached hydrogen (secondary N) is 1. The molecule has 2 rings (SSSR count). The summed E-state index contributed by atoms with van der Waals surface area (Å²) in [6, 6.07) is 2.08. The van der Waals surface area contributed by atoms with Crippen LogP contribution in [0.3, 0.4) is 0 Å². The number of fused-ring (bicyclic) bond motifs is 1. The highest BCUT2D eigenvalue weighted by Gasteiger charge is 2.18. The molecule has 0 aliphatic rings. The van der Waals surface area contributed by atoms with E-state index >= 15 is 0 Å². The normalized spacial score (nSPS) is 10.6. The van der Waals surface area contributed by atoms with Crippen LogP contribution in [0.2, 0.25) is 0 Å². The van der Waals surface area contributed by atoms with E-state index in [0.717, 1.165) is 17.0 Å². The lowest BCUT2D eigenvalue weighted by Gasteiger charge is -2.20. The SMILES string of the molecule is CCNC(=O)CN(CC)C(=O)CCc1c(C)nc2c(C#N)cnn2c1C. The highest BCUT2D eigenvalue weighted by atomic mass is 16.2. The molecule has 2 aromatic heterocycles. The standard InChI is InChI=1S/C18H24N6O2/c1-5-20-16(25)11-23(6-2)17(26)8-7-15-12(3)22-18-14(9-19)10-21-24(18)13(15)4/h10H,5-8,11H2,1-4H3,(H,20,25). The van der Waals surface area contributed by atoms with Crippen molar-refractivity contribution in [2.75, 3.05) is 19.6 Å². The zero-order chi connectivity index (χ0) is 19.3. The number of aryl methyl sites for hydroxylation is 2. The summed E-state index contributed by atoms with van der Waals surface area (Å²) in [5, 5.41) is 16.0. The van der Waals surface area contributed by atoms with Crippen molar-refractivity contribution in [3.8, 4) is 6.07 Å². The first-order chi connectivity index (χ1) is 12.4. The average Bonchev–Trinajstić information content (AvgIpc) is 3.02. The Balaban J connectivity index is 2.14. The molecule has 8 nitrogen and oxygen atoms in total. The molecule has 0 bridgehead atoms. The van der Waals surface area contributed by atoms with Crippen LogP contribution < -0.4 is 5.32 Å². The Morgan fingerprint density at radius 1 is 1.35 bits per heavy atom. The van der Waals surface area contributed by atoms with Crippen molar-refractivity contribution < 1.29 is 9.59 Å². The molecule has 0 fully saturated rings. The highest BCUT2D eigenvalue weighted by molar-refractivity contribution is 5.84. The molecule has 0 saturated heterocycles. The fraction of sp³-hybridized carbons (Fsp3) is 0.500. The topological polar surface area (TPSA) is 103 Å². The number of carbonyl (C=O) groups excluding carboxylic acids is 2. The molecular weight excluding hydrogens is 332 g/mol. The molecule has 1 N–H and O–H groups in total. The second-order valence-corrected chi connectivity index (χ2v) is 6.03. The van der Waals surface area contributed by atoms with Crippen LogP contribution in [0.4, 0.5) is 0 Å². The van der Waals surface area contributed by atoms with Crippen LogP contribution in [0, 0.1) is 25.2 Å². The van der Waals surface area contributed by atoms with E-state index in [9.17, 15) is 9.59 Å². The van der Waals surface area contributed by atoms with Gasteiger partial charge in [0.2, 0.25) is 11.8 Å². The lowest BCUT2D eigenvalue weighted by molar-refractivity contribution is -0.135. The molecule has 0 spiro atoms. The second-order valence-electron chi connectivity index (χ2n) is 6.03. The Morgan fingerprint density at radius 3 is 2.69 bits per heavy atom. The van der Waals surface area contributed by atoms with Crippen LogP contribution in [0.5, 0.6) is 0 Å². The van der Waals surface area contributed by atoms with Gasteiger partial charge in [0.1, 0.15) is 11.6 Å². The molecule has 138 valence electrons. The van der Waals surface area contributed by atoms with Gasteiger partial charge in [0.05, 0.1) is 12.7 Å². The molecule has 2 heterocycles. The summed E-state index contributed by atoms with van der Waals surface area (Å²) < 4.78 is 1.64. The van der Waals surface area contributed by atoms with Gasteiger partial charge in [-0.25, -0.2) is 9.50 Å². The number of aromatic nitrogens is 3. The predicted molar refractivity (Wildman–Crippen MR) is 96.4 cm³/mol. The van der Waals surface area contributed by atoms with Crippen molar-refractivity contribution >= 4 is 17.5 Å². The third kappa shape index (κ3) is 3.99. The van der Waals surface area contributed by atoms with Crippen LogP contribution in [-0.4, -0.2) is 50.9 Å². The Bertz CT molecular complexity index is 865. The van der Waals surface area contributed by atoms with Gasteiger partial charge in [-0.2, -0.15) is 10.4 Å². The third-order valence-electron chi connectivity index (χ3n) is 4.36. The van der Waals surface area contributed by atoms with E-state index in [1.165, 1.54) is 6.20 Å². The molecule has 0 aromatic carbocycles. The molecular formula is C18H24N6O2. The van der Waals surface area contributed by atoms with Gasteiger partial charge in [0.15, 0.2) is 5.65 Å². The van der Waals surface area contributed by atoms with E-state index in [1.54, 1.807) is 9.42 Å². The van der Waals surface area contributed by atoms with Crippen molar-refractivity contribution in [3.05, 3.63) is 28.7 Å². The molecule has 0 atom stereocenters. The van der Waals surface area contributed by atoms with E-state index in [1.807, 2.05) is 27.7 Å². The maximum Gasteiger partial charge on any atom is 0.239 e. The number of amides is 2. The summed E-state index contributed by atoms with van der Waals surface area (Å²) in [6.07, 6.45) is 2.29. The average molecular weight is 356 g/mol. The molecule has 0 aliphatic carbocycles. The van der Waals surface area contributed by atoms with E-state index in [-0.39, 0.29) is 24.8 Å². The first-order valence-electron chi connectivity index (χ1n) is 8.71. The minimum atomic E-state index is -0.154. The first-order valence-corrected chi connectivity index (χ1v) is 8.71. The number of carbonyl (C=O) groups is 2. The number of hydrogen-bond donors (Lipinski definition) is 1. The van der Waals surface area contributed by atoms with Gasteiger partial charge >= 0.3 is 0 Å². The number of nitriles is 1. The maximum atomic E-state index is 12.5. The third-order valence-corrected chi connectivity index (χ3v) is 4.36. The van der Waals surface area contributed by atoms with E-state index < -0.39 is 0 Å². The summed E-state index contributed by atoms with van der Waals surface area (Å²) in [6.45, 7) is 8.57. The smallest absolute Gasteiger partial charge is 0.239 e. The number of rotatable bonds is 7. The molecule has 8 heteroatoms. The van der Waals surface area contributed by atoms with E-state index in [2.05, 4.69) is 21.5 Å². The molecule has 0 unspecified atom stereocenters. The van der Waals surface area contributed by atoms with Gasteiger partial charge in [-0.3, -0.25) is 9.59 Å². The van der Waals surface area contributed by atoms with Gasteiger partial charge in [-0.05, 0) is 39.7 Å². The zero-order valence-electron chi connectivity index (χ0n) is 15.7. The van der Waals surface area contributed by atoms with Crippen LogP contribution >= 0.6 is 0 Å². The summed E-state index contributed by atoms with van der Waals surface area (Å²) in [4.78, 5) is 30.2. The lowest BCUT2D eigenvalue weighted by atomic mass is 10.1. The molecule has 2 amide bonds. The molecule has 2 aromatic rings. The van der Waals surface area contributed by atoms with Crippen molar-refractivity contribution in [2.45, 2.75) is 40.5 Å². The van der Waals surface area contributed by atoms with Gasteiger partial charge in [0, 0.05) is 30.9 Å². The van der Waals surface area contributed by atoms with Crippen molar-refractivity contribution in [3.63, 3.8) is 0 Å². The number of nitrogens with zero attached hydrogens (tertiary/aromatic N) is 5. The fourth-order valence-electron chi connectivity index (χ4n) is 2.94. The summed E-state index contributed by atoms with van der Waals surface area (Å²) in [5.74, 6) is -0.227. The van der Waals surface area contributed by atoms with E-state index in [0.29, 0.717) is 30.7 Å². The quantitative estimate of drug-likeness (QED) is 0.801. The van der Waals surface area contributed by atoms with Gasteiger partial charge in [-0.15, -0.1) is 0 Å². The van der Waals surface area contributed by atoms with Crippen LogP contribution in [0.15, 0.2) is 6.20 Å². The predicted octanol–water partition coefficient (Wildman–Crippen LogP) is 1.14. The molecule has 0 saturated carbocycles. The molecule has 0 radical (unpaired) electrons. The van der Waals surface area contributed by atoms with Crippen LogP contribution in [-0.2, 0) is 16.0 Å². The summed E-state index contributed by atoms with van der Waals surface area (Å²) in [5.41, 5.74) is 3.55. The monoisotopic (exact) mass is 356 g/mol. The Hall–Kier alpha value is -2.95. The minimum absolute atomic E-state index is 0.0725. The molecule has 26 heavy (non-hydrogen) atoms. The number of likely N-dealkylation sites (N-methyl/N-ethyl adjacent to an activating group) is 2. The van der Waals surface area contributed by atoms with Crippen LogP contribution in [0.1, 0.15) is 42.8 Å². The number of hydrogen-bond acceptors (Lipinski definition) is 5. The highest BCUT2D eigenvalue weighted by Crippen LogP contribution is 2.18. The Labute approximate surface area is 152 Å². The van der Waals surface area contributed by atoms with Crippen LogP contribution in [0.25, 0.3) is 5.65 Å². The van der Waals surface area contributed by atoms with E-state index in [4.69, 9.17) is 5.26 Å². The summed E-state index contributed by atoms with van der Waals surface area (Å²) >= 11 is 0. The fourth-order valence-corrected chi connectivity index (χ4v) is 2.94. The largest absolute Gasteiger partial charge is 0.355 e. The Kier molecular flexibility index (Phi) is 6.28. The second kappa shape index (κ2) is 8.43. The van der Waals surface area contributed by atoms with Gasteiger partial charge in [-0.1, -0.05) is 0 Å². The first kappa shape index (κ1) is 19.4. The lowest BCUT2D eigenvalue weighted by Crippen LogP contribution is -2.40. The van der Waals surface area contributed by atoms with Crippen molar-refractivity contribution in [2.24, 2.45) is 0 Å².